The van der Waals surface area contributed by atoms with Crippen LogP contribution in [0.15, 0.2) is 39.8 Å². The standard InChI is InChI=1S/C12H13ClN2O3S/c1-8-5-10(13)11(14)6-12(8)19(16,17)15-7-9-3-2-4-18-9/h2-6,15H,7,14H2,1H3. The highest BCUT2D eigenvalue weighted by Crippen LogP contribution is 2.26. The van der Waals surface area contributed by atoms with Gasteiger partial charge in [0, 0.05) is 0 Å². The minimum absolute atomic E-state index is 0.0807. The molecular formula is C12H13ClN2O3S. The number of hydrogen-bond donors (Lipinski definition) is 2. The van der Waals surface area contributed by atoms with E-state index < -0.39 is 10.0 Å². The third-order valence-electron chi connectivity index (χ3n) is 2.60. The van der Waals surface area contributed by atoms with Gasteiger partial charge >= 0.3 is 0 Å². The first-order chi connectivity index (χ1) is 8.90. The number of furan rings is 1. The van der Waals surface area contributed by atoms with Crippen molar-refractivity contribution in [3.8, 4) is 0 Å². The Hall–Kier alpha value is -1.50. The maximum atomic E-state index is 12.2. The van der Waals surface area contributed by atoms with Crippen LogP contribution in [0.5, 0.6) is 0 Å². The predicted molar refractivity (Wildman–Crippen MR) is 73.3 cm³/mol. The maximum Gasteiger partial charge on any atom is 0.241 e. The Balaban J connectivity index is 2.27. The molecule has 0 unspecified atom stereocenters. The number of sulfonamides is 1. The topological polar surface area (TPSA) is 85.3 Å². The number of anilines is 1. The summed E-state index contributed by atoms with van der Waals surface area (Å²) in [5.41, 5.74) is 6.40. The molecule has 0 aliphatic carbocycles. The van der Waals surface area contributed by atoms with Crippen LogP contribution in [0.25, 0.3) is 0 Å². The average Bonchev–Trinajstić information content (AvgIpc) is 2.84. The molecule has 0 bridgehead atoms. The number of halogens is 1. The summed E-state index contributed by atoms with van der Waals surface area (Å²) in [5.74, 6) is 0.531. The fraction of sp³-hybridized carbons (Fsp3) is 0.167. The molecule has 1 aromatic heterocycles. The molecule has 19 heavy (non-hydrogen) atoms. The van der Waals surface area contributed by atoms with E-state index in [-0.39, 0.29) is 17.1 Å². The lowest BCUT2D eigenvalue weighted by molar-refractivity contribution is 0.498. The van der Waals surface area contributed by atoms with Crippen molar-refractivity contribution in [2.24, 2.45) is 0 Å². The molecule has 0 amide bonds. The third-order valence-corrected chi connectivity index (χ3v) is 4.47. The van der Waals surface area contributed by atoms with Crippen LogP contribution in [0.1, 0.15) is 11.3 Å². The summed E-state index contributed by atoms with van der Waals surface area (Å²) in [6.45, 7) is 1.74. The van der Waals surface area contributed by atoms with Crippen LogP contribution in [-0.4, -0.2) is 8.42 Å². The molecular weight excluding hydrogens is 288 g/mol. The second-order valence-corrected chi connectivity index (χ2v) is 6.19. The zero-order chi connectivity index (χ0) is 14.0. The van der Waals surface area contributed by atoms with Crippen molar-refractivity contribution in [3.05, 3.63) is 46.9 Å². The van der Waals surface area contributed by atoms with Crippen LogP contribution < -0.4 is 10.5 Å². The number of rotatable bonds is 4. The molecule has 1 aromatic carbocycles. The molecule has 5 nitrogen and oxygen atoms in total. The number of hydrogen-bond acceptors (Lipinski definition) is 4. The van der Waals surface area contributed by atoms with E-state index in [9.17, 15) is 8.42 Å². The molecule has 0 atom stereocenters. The van der Waals surface area contributed by atoms with Gasteiger partial charge < -0.3 is 10.2 Å². The van der Waals surface area contributed by atoms with Crippen molar-refractivity contribution >= 4 is 27.3 Å². The molecule has 0 aliphatic heterocycles. The molecule has 7 heteroatoms. The van der Waals surface area contributed by atoms with Crippen LogP contribution in [0.3, 0.4) is 0 Å². The van der Waals surface area contributed by atoms with E-state index >= 15 is 0 Å². The second kappa shape index (κ2) is 5.24. The van der Waals surface area contributed by atoms with Crippen molar-refractivity contribution < 1.29 is 12.8 Å². The lowest BCUT2D eigenvalue weighted by Gasteiger charge is -2.10. The molecule has 0 aliphatic rings. The minimum Gasteiger partial charge on any atom is -0.468 e. The van der Waals surface area contributed by atoms with Crippen molar-refractivity contribution in [2.45, 2.75) is 18.4 Å². The fourth-order valence-electron chi connectivity index (χ4n) is 1.62. The van der Waals surface area contributed by atoms with Gasteiger partial charge in [0.1, 0.15) is 5.76 Å². The number of nitrogen functional groups attached to an aromatic ring is 1. The van der Waals surface area contributed by atoms with E-state index in [0.717, 1.165) is 0 Å². The normalized spacial score (nSPS) is 11.7. The summed E-state index contributed by atoms with van der Waals surface area (Å²) in [7, 11) is -3.65. The summed E-state index contributed by atoms with van der Waals surface area (Å²) in [6.07, 6.45) is 1.48. The molecule has 0 radical (unpaired) electrons. The Labute approximate surface area is 116 Å². The highest BCUT2D eigenvalue weighted by molar-refractivity contribution is 7.89. The summed E-state index contributed by atoms with van der Waals surface area (Å²) in [6, 6.07) is 6.25. The predicted octanol–water partition coefficient (Wildman–Crippen LogP) is 2.30. The summed E-state index contributed by atoms with van der Waals surface area (Å²) in [5, 5.41) is 0.336. The van der Waals surface area contributed by atoms with E-state index in [0.29, 0.717) is 16.3 Å². The lowest BCUT2D eigenvalue weighted by atomic mass is 10.2. The highest BCUT2D eigenvalue weighted by Gasteiger charge is 2.18. The largest absolute Gasteiger partial charge is 0.468 e. The summed E-state index contributed by atoms with van der Waals surface area (Å²) >= 11 is 5.84. The van der Waals surface area contributed by atoms with E-state index in [2.05, 4.69) is 4.72 Å². The first-order valence-corrected chi connectivity index (χ1v) is 7.34. The van der Waals surface area contributed by atoms with Crippen molar-refractivity contribution in [1.29, 1.82) is 0 Å². The zero-order valence-corrected chi connectivity index (χ0v) is 11.8. The first-order valence-electron chi connectivity index (χ1n) is 5.48. The van der Waals surface area contributed by atoms with Crippen molar-refractivity contribution in [3.63, 3.8) is 0 Å². The molecule has 2 rings (SSSR count). The molecule has 0 saturated heterocycles. The van der Waals surface area contributed by atoms with Gasteiger partial charge in [-0.3, -0.25) is 0 Å². The van der Waals surface area contributed by atoms with E-state index in [1.807, 2.05) is 0 Å². The first kappa shape index (κ1) is 13.9. The lowest BCUT2D eigenvalue weighted by Crippen LogP contribution is -2.24. The SMILES string of the molecule is Cc1cc(Cl)c(N)cc1S(=O)(=O)NCc1ccco1. The van der Waals surface area contributed by atoms with Gasteiger partial charge in [0.2, 0.25) is 10.0 Å². The summed E-state index contributed by atoms with van der Waals surface area (Å²) < 4.78 is 31.8. The van der Waals surface area contributed by atoms with Crippen LogP contribution in [0.4, 0.5) is 5.69 Å². The Kier molecular flexibility index (Phi) is 3.84. The highest BCUT2D eigenvalue weighted by atomic mass is 35.5. The molecule has 1 heterocycles. The molecule has 102 valence electrons. The maximum absolute atomic E-state index is 12.2. The van der Waals surface area contributed by atoms with Gasteiger partial charge in [-0.1, -0.05) is 11.6 Å². The smallest absolute Gasteiger partial charge is 0.241 e. The van der Waals surface area contributed by atoms with Gasteiger partial charge in [-0.25, -0.2) is 13.1 Å². The monoisotopic (exact) mass is 300 g/mol. The van der Waals surface area contributed by atoms with Gasteiger partial charge in [-0.15, -0.1) is 0 Å². The van der Waals surface area contributed by atoms with Gasteiger partial charge in [0.15, 0.2) is 0 Å². The summed E-state index contributed by atoms with van der Waals surface area (Å²) in [4.78, 5) is 0.112. The Morgan fingerprint density at radius 3 is 2.79 bits per heavy atom. The van der Waals surface area contributed by atoms with E-state index in [1.165, 1.54) is 18.4 Å². The molecule has 0 saturated carbocycles. The Morgan fingerprint density at radius 1 is 1.42 bits per heavy atom. The van der Waals surface area contributed by atoms with E-state index in [1.54, 1.807) is 19.1 Å². The van der Waals surface area contributed by atoms with Gasteiger partial charge in [-0.05, 0) is 36.8 Å². The Morgan fingerprint density at radius 2 is 2.16 bits per heavy atom. The van der Waals surface area contributed by atoms with Crippen LogP contribution in [-0.2, 0) is 16.6 Å². The van der Waals surface area contributed by atoms with Crippen LogP contribution in [0, 0.1) is 6.92 Å². The minimum atomic E-state index is -3.65. The molecule has 2 aromatic rings. The van der Waals surface area contributed by atoms with Crippen molar-refractivity contribution in [2.75, 3.05) is 5.73 Å². The molecule has 3 N–H and O–H groups in total. The number of benzene rings is 1. The molecule has 0 fully saturated rings. The average molecular weight is 301 g/mol. The number of nitrogens with one attached hydrogen (secondary N) is 1. The van der Waals surface area contributed by atoms with Gasteiger partial charge in [0.25, 0.3) is 0 Å². The zero-order valence-electron chi connectivity index (χ0n) is 10.2. The molecule has 0 spiro atoms. The van der Waals surface area contributed by atoms with Crippen molar-refractivity contribution in [1.82, 2.24) is 4.72 Å². The van der Waals surface area contributed by atoms with Gasteiger partial charge in [0.05, 0.1) is 28.4 Å². The third kappa shape index (κ3) is 3.09. The number of aryl methyl sites for hydroxylation is 1. The van der Waals surface area contributed by atoms with Gasteiger partial charge in [-0.2, -0.15) is 0 Å². The Bertz CT molecular complexity index is 681. The van der Waals surface area contributed by atoms with E-state index in [4.69, 9.17) is 21.8 Å². The second-order valence-electron chi connectivity index (χ2n) is 4.04. The number of nitrogens with two attached hydrogens (primary N) is 1. The van der Waals surface area contributed by atoms with Crippen LogP contribution in [0.2, 0.25) is 5.02 Å². The fourth-order valence-corrected chi connectivity index (χ4v) is 3.09. The quantitative estimate of drug-likeness (QED) is 0.848. The van der Waals surface area contributed by atoms with Crippen LogP contribution >= 0.6 is 11.6 Å².